The molecular formula is C14H22FN3O2. The minimum atomic E-state index is -0.760. The van der Waals surface area contributed by atoms with E-state index in [2.05, 4.69) is 10.5 Å². The van der Waals surface area contributed by atoms with Crippen molar-refractivity contribution in [3.8, 4) is 0 Å². The third kappa shape index (κ3) is 4.18. The molecule has 0 fully saturated rings. The molecule has 112 valence electrons. The van der Waals surface area contributed by atoms with E-state index < -0.39 is 11.4 Å². The fourth-order valence-electron chi connectivity index (χ4n) is 1.84. The van der Waals surface area contributed by atoms with Crippen LogP contribution in [0.5, 0.6) is 0 Å². The Morgan fingerprint density at radius 2 is 2.05 bits per heavy atom. The highest BCUT2D eigenvalue weighted by Crippen LogP contribution is 2.14. The number of nitrogens with two attached hydrogens (primary N) is 1. The van der Waals surface area contributed by atoms with Crippen molar-refractivity contribution in [3.63, 3.8) is 0 Å². The summed E-state index contributed by atoms with van der Waals surface area (Å²) in [6.45, 7) is 4.54. The number of hydrogen-bond acceptors (Lipinski definition) is 4. The molecule has 0 aliphatic rings. The maximum atomic E-state index is 13.8. The molecule has 0 heterocycles. The van der Waals surface area contributed by atoms with E-state index in [0.29, 0.717) is 37.1 Å². The summed E-state index contributed by atoms with van der Waals surface area (Å²) in [6.07, 6.45) is 1.28. The van der Waals surface area contributed by atoms with Crippen LogP contribution in [-0.2, 0) is 6.54 Å². The maximum absolute atomic E-state index is 13.8. The van der Waals surface area contributed by atoms with Crippen LogP contribution in [0.4, 0.5) is 4.39 Å². The van der Waals surface area contributed by atoms with E-state index in [1.54, 1.807) is 12.1 Å². The van der Waals surface area contributed by atoms with Crippen molar-refractivity contribution in [3.05, 3.63) is 35.1 Å². The molecule has 0 aliphatic heterocycles. The number of rotatable bonds is 7. The topological polar surface area (TPSA) is 90.9 Å². The number of benzene rings is 1. The van der Waals surface area contributed by atoms with Gasteiger partial charge in [-0.15, -0.1) is 0 Å². The zero-order valence-electron chi connectivity index (χ0n) is 11.9. The summed E-state index contributed by atoms with van der Waals surface area (Å²) in [4.78, 5) is 0. The van der Waals surface area contributed by atoms with E-state index in [1.165, 1.54) is 6.07 Å². The number of amidine groups is 1. The van der Waals surface area contributed by atoms with Crippen molar-refractivity contribution in [2.75, 3.05) is 6.54 Å². The first-order valence-electron chi connectivity index (χ1n) is 6.65. The van der Waals surface area contributed by atoms with Gasteiger partial charge < -0.3 is 21.4 Å². The van der Waals surface area contributed by atoms with Crippen LogP contribution in [0.1, 0.15) is 37.8 Å². The summed E-state index contributed by atoms with van der Waals surface area (Å²) in [5, 5.41) is 24.5. The van der Waals surface area contributed by atoms with Gasteiger partial charge in [0.15, 0.2) is 5.84 Å². The first-order valence-corrected chi connectivity index (χ1v) is 6.65. The highest BCUT2D eigenvalue weighted by molar-refractivity contribution is 5.97. The average molecular weight is 283 g/mol. The lowest BCUT2D eigenvalue weighted by atomic mass is 9.97. The van der Waals surface area contributed by atoms with Crippen LogP contribution in [-0.4, -0.2) is 28.3 Å². The standard InChI is InChI=1S/C14H22FN3O2/c1-3-14(19,4-2)9-17-8-11-6-5-10(7-12(11)15)13(16)18-20/h5-7,17,19-20H,3-4,8-9H2,1-2H3,(H2,16,18). The molecule has 0 bridgehead atoms. The van der Waals surface area contributed by atoms with Gasteiger partial charge in [-0.3, -0.25) is 0 Å². The van der Waals surface area contributed by atoms with Crippen LogP contribution in [0.25, 0.3) is 0 Å². The second-order valence-electron chi connectivity index (χ2n) is 4.83. The molecule has 0 radical (unpaired) electrons. The minimum absolute atomic E-state index is 0.130. The third-order valence-electron chi connectivity index (χ3n) is 3.54. The van der Waals surface area contributed by atoms with E-state index >= 15 is 0 Å². The average Bonchev–Trinajstić information content (AvgIpc) is 2.47. The normalized spacial score (nSPS) is 12.7. The largest absolute Gasteiger partial charge is 0.409 e. The lowest BCUT2D eigenvalue weighted by Gasteiger charge is -2.25. The molecule has 0 amide bonds. The van der Waals surface area contributed by atoms with Crippen LogP contribution in [0.3, 0.4) is 0 Å². The second-order valence-corrected chi connectivity index (χ2v) is 4.83. The molecule has 0 saturated carbocycles. The molecule has 1 aromatic rings. The smallest absolute Gasteiger partial charge is 0.170 e. The van der Waals surface area contributed by atoms with Crippen LogP contribution >= 0.6 is 0 Å². The van der Waals surface area contributed by atoms with Crippen LogP contribution in [0.15, 0.2) is 23.4 Å². The summed E-state index contributed by atoms with van der Waals surface area (Å²) in [5.41, 5.74) is 5.42. The van der Waals surface area contributed by atoms with Crippen molar-refractivity contribution in [2.45, 2.75) is 38.8 Å². The maximum Gasteiger partial charge on any atom is 0.170 e. The van der Waals surface area contributed by atoms with Gasteiger partial charge in [0.25, 0.3) is 0 Å². The van der Waals surface area contributed by atoms with Gasteiger partial charge in [0.1, 0.15) is 5.82 Å². The van der Waals surface area contributed by atoms with E-state index in [4.69, 9.17) is 10.9 Å². The number of oxime groups is 1. The van der Waals surface area contributed by atoms with Crippen LogP contribution in [0.2, 0.25) is 0 Å². The summed E-state index contributed by atoms with van der Waals surface area (Å²) in [6, 6.07) is 4.38. The predicted octanol–water partition coefficient (Wildman–Crippen LogP) is 1.56. The minimum Gasteiger partial charge on any atom is -0.409 e. The molecule has 20 heavy (non-hydrogen) atoms. The number of nitrogens with zero attached hydrogens (tertiary/aromatic N) is 1. The van der Waals surface area contributed by atoms with Crippen molar-refractivity contribution in [2.24, 2.45) is 10.9 Å². The van der Waals surface area contributed by atoms with Crippen LogP contribution < -0.4 is 11.1 Å². The molecule has 5 N–H and O–H groups in total. The van der Waals surface area contributed by atoms with Gasteiger partial charge in [0.05, 0.1) is 5.60 Å². The highest BCUT2D eigenvalue weighted by Gasteiger charge is 2.21. The van der Waals surface area contributed by atoms with E-state index in [-0.39, 0.29) is 5.84 Å². The van der Waals surface area contributed by atoms with Gasteiger partial charge in [-0.05, 0) is 18.9 Å². The Morgan fingerprint density at radius 3 is 2.55 bits per heavy atom. The van der Waals surface area contributed by atoms with Crippen molar-refractivity contribution < 1.29 is 14.7 Å². The van der Waals surface area contributed by atoms with Gasteiger partial charge in [-0.2, -0.15) is 0 Å². The van der Waals surface area contributed by atoms with Gasteiger partial charge in [0.2, 0.25) is 0 Å². The molecule has 1 aromatic carbocycles. The SMILES string of the molecule is CCC(O)(CC)CNCc1ccc(C(N)=NO)cc1F. The monoisotopic (exact) mass is 283 g/mol. The molecule has 0 atom stereocenters. The molecule has 1 rings (SSSR count). The van der Waals surface area contributed by atoms with E-state index in [9.17, 15) is 9.50 Å². The van der Waals surface area contributed by atoms with Crippen LogP contribution in [0, 0.1) is 5.82 Å². The quantitative estimate of drug-likeness (QED) is 0.264. The molecule has 0 saturated heterocycles. The molecule has 0 aromatic heterocycles. The second kappa shape index (κ2) is 7.21. The summed E-state index contributed by atoms with van der Waals surface area (Å²) < 4.78 is 13.8. The molecular weight excluding hydrogens is 261 g/mol. The van der Waals surface area contributed by atoms with Gasteiger partial charge in [-0.25, -0.2) is 4.39 Å². The Balaban J connectivity index is 2.66. The molecule has 0 aliphatic carbocycles. The van der Waals surface area contributed by atoms with E-state index in [1.807, 2.05) is 13.8 Å². The lowest BCUT2D eigenvalue weighted by Crippen LogP contribution is -2.39. The molecule has 0 unspecified atom stereocenters. The number of halogens is 1. The Kier molecular flexibility index (Phi) is 5.91. The molecule has 5 nitrogen and oxygen atoms in total. The number of hydrogen-bond donors (Lipinski definition) is 4. The molecule has 0 spiro atoms. The highest BCUT2D eigenvalue weighted by atomic mass is 19.1. The van der Waals surface area contributed by atoms with Crippen molar-refractivity contribution in [1.29, 1.82) is 0 Å². The summed E-state index contributed by atoms with van der Waals surface area (Å²) in [7, 11) is 0. The van der Waals surface area contributed by atoms with Gasteiger partial charge >= 0.3 is 0 Å². The Labute approximate surface area is 118 Å². The zero-order chi connectivity index (χ0) is 15.2. The first-order chi connectivity index (χ1) is 9.45. The Bertz CT molecular complexity index is 473. The van der Waals surface area contributed by atoms with Crippen molar-refractivity contribution >= 4 is 5.84 Å². The predicted molar refractivity (Wildman–Crippen MR) is 76.1 cm³/mol. The van der Waals surface area contributed by atoms with Crippen molar-refractivity contribution in [1.82, 2.24) is 5.32 Å². The van der Waals surface area contributed by atoms with Gasteiger partial charge in [0, 0.05) is 24.2 Å². The number of nitrogens with one attached hydrogen (secondary N) is 1. The fourth-order valence-corrected chi connectivity index (χ4v) is 1.84. The Hall–Kier alpha value is -1.66. The fraction of sp³-hybridized carbons (Fsp3) is 0.500. The van der Waals surface area contributed by atoms with E-state index in [0.717, 1.165) is 0 Å². The number of aliphatic hydroxyl groups is 1. The summed E-state index contributed by atoms with van der Waals surface area (Å²) >= 11 is 0. The lowest BCUT2D eigenvalue weighted by molar-refractivity contribution is 0.0322. The molecule has 6 heteroatoms. The zero-order valence-corrected chi connectivity index (χ0v) is 11.9. The Morgan fingerprint density at radius 1 is 1.40 bits per heavy atom. The van der Waals surface area contributed by atoms with Gasteiger partial charge in [-0.1, -0.05) is 31.1 Å². The first kappa shape index (κ1) is 16.4. The third-order valence-corrected chi connectivity index (χ3v) is 3.54. The summed E-state index contributed by atoms with van der Waals surface area (Å²) in [5.74, 6) is -0.562.